The van der Waals surface area contributed by atoms with Gasteiger partial charge in [-0.3, -0.25) is 9.78 Å². The molecule has 0 spiro atoms. The second-order valence-electron chi connectivity index (χ2n) is 6.38. The van der Waals surface area contributed by atoms with Gasteiger partial charge in [0.15, 0.2) is 0 Å². The number of carbonyl (C=O) groups is 1. The van der Waals surface area contributed by atoms with Gasteiger partial charge in [0.25, 0.3) is 5.91 Å². The fourth-order valence-corrected chi connectivity index (χ4v) is 3.03. The molecule has 0 bridgehead atoms. The first-order chi connectivity index (χ1) is 12.5. The van der Waals surface area contributed by atoms with Crippen molar-refractivity contribution in [3.63, 3.8) is 0 Å². The van der Waals surface area contributed by atoms with E-state index in [2.05, 4.69) is 10.3 Å². The molecule has 138 valence electrons. The van der Waals surface area contributed by atoms with Gasteiger partial charge in [-0.1, -0.05) is 6.07 Å². The topological polar surface area (TPSA) is 101 Å². The Balaban J connectivity index is 1.66. The van der Waals surface area contributed by atoms with Crippen LogP contribution in [-0.4, -0.2) is 52.6 Å². The molecule has 2 aromatic rings. The number of carbonyl (C=O) groups excluding carboxylic acids is 1. The lowest BCUT2D eigenvalue weighted by atomic mass is 10.1. The predicted octanol–water partition coefficient (Wildman–Crippen LogP) is 1.07. The van der Waals surface area contributed by atoms with Gasteiger partial charge in [-0.2, -0.15) is 0 Å². The molecule has 1 fully saturated rings. The number of aromatic nitrogens is 1. The predicted molar refractivity (Wildman–Crippen MR) is 94.3 cm³/mol. The average molecular weight is 358 g/mol. The molecule has 1 aliphatic rings. The SMILES string of the molecule is COc1cccc(O[C@@H]2C[C@@H](NC(=O)c3cncc(C)c3)[C@H](O)[C@H]2O)c1. The van der Waals surface area contributed by atoms with Crippen LogP contribution in [-0.2, 0) is 0 Å². The minimum absolute atomic E-state index is 0.282. The lowest BCUT2D eigenvalue weighted by Gasteiger charge is -2.18. The Kier molecular flexibility index (Phi) is 5.39. The molecule has 0 radical (unpaired) electrons. The molecule has 1 aromatic carbocycles. The van der Waals surface area contributed by atoms with Crippen molar-refractivity contribution >= 4 is 5.91 Å². The number of aliphatic hydroxyl groups excluding tert-OH is 2. The van der Waals surface area contributed by atoms with Gasteiger partial charge < -0.3 is 25.0 Å². The zero-order chi connectivity index (χ0) is 18.7. The van der Waals surface area contributed by atoms with Crippen molar-refractivity contribution in [2.75, 3.05) is 7.11 Å². The third-order valence-corrected chi connectivity index (χ3v) is 4.41. The van der Waals surface area contributed by atoms with Gasteiger partial charge in [-0.15, -0.1) is 0 Å². The number of hydrogen-bond donors (Lipinski definition) is 3. The summed E-state index contributed by atoms with van der Waals surface area (Å²) in [5.41, 5.74) is 1.27. The number of methoxy groups -OCH3 is 1. The zero-order valence-electron chi connectivity index (χ0n) is 14.6. The van der Waals surface area contributed by atoms with E-state index in [1.807, 2.05) is 6.92 Å². The number of aryl methyl sites for hydroxylation is 1. The third-order valence-electron chi connectivity index (χ3n) is 4.41. The molecule has 1 aromatic heterocycles. The molecule has 3 rings (SSSR count). The molecule has 1 saturated carbocycles. The van der Waals surface area contributed by atoms with E-state index in [0.717, 1.165) is 5.56 Å². The maximum Gasteiger partial charge on any atom is 0.253 e. The van der Waals surface area contributed by atoms with Crippen LogP contribution in [0.15, 0.2) is 42.7 Å². The molecular formula is C19H22N2O5. The summed E-state index contributed by atoms with van der Waals surface area (Å²) in [6, 6.07) is 8.09. The molecule has 1 heterocycles. The number of aliphatic hydroxyl groups is 2. The molecule has 7 heteroatoms. The van der Waals surface area contributed by atoms with Gasteiger partial charge in [-0.05, 0) is 30.7 Å². The van der Waals surface area contributed by atoms with Gasteiger partial charge in [0.05, 0.1) is 18.7 Å². The Morgan fingerprint density at radius 3 is 2.69 bits per heavy atom. The minimum atomic E-state index is -1.12. The normalized spacial score (nSPS) is 24.9. The van der Waals surface area contributed by atoms with Gasteiger partial charge in [0.1, 0.15) is 29.8 Å². The molecule has 3 N–H and O–H groups in total. The number of hydrogen-bond acceptors (Lipinski definition) is 6. The number of nitrogens with one attached hydrogen (secondary N) is 1. The summed E-state index contributed by atoms with van der Waals surface area (Å²) in [6.07, 6.45) is 0.533. The van der Waals surface area contributed by atoms with Crippen molar-refractivity contribution in [2.45, 2.75) is 37.7 Å². The summed E-state index contributed by atoms with van der Waals surface area (Å²) in [7, 11) is 1.55. The highest BCUT2D eigenvalue weighted by atomic mass is 16.5. The molecule has 1 amide bonds. The maximum absolute atomic E-state index is 12.4. The lowest BCUT2D eigenvalue weighted by molar-refractivity contribution is -0.0135. The van der Waals surface area contributed by atoms with Crippen LogP contribution >= 0.6 is 0 Å². The van der Waals surface area contributed by atoms with Crippen LogP contribution in [0.1, 0.15) is 22.3 Å². The second kappa shape index (κ2) is 7.72. The molecule has 0 saturated heterocycles. The highest BCUT2D eigenvalue weighted by molar-refractivity contribution is 5.94. The highest BCUT2D eigenvalue weighted by Gasteiger charge is 2.43. The molecule has 26 heavy (non-hydrogen) atoms. The highest BCUT2D eigenvalue weighted by Crippen LogP contribution is 2.28. The summed E-state index contributed by atoms with van der Waals surface area (Å²) in [6.45, 7) is 1.84. The second-order valence-corrected chi connectivity index (χ2v) is 6.38. The van der Waals surface area contributed by atoms with Crippen molar-refractivity contribution in [3.8, 4) is 11.5 Å². The van der Waals surface area contributed by atoms with E-state index in [1.165, 1.54) is 6.20 Å². The Bertz CT molecular complexity index is 782. The fraction of sp³-hybridized carbons (Fsp3) is 0.368. The summed E-state index contributed by atoms with van der Waals surface area (Å²) >= 11 is 0. The van der Waals surface area contributed by atoms with Crippen LogP contribution in [0.3, 0.4) is 0 Å². The average Bonchev–Trinajstić information content (AvgIpc) is 2.90. The number of nitrogens with zero attached hydrogens (tertiary/aromatic N) is 1. The molecule has 7 nitrogen and oxygen atoms in total. The van der Waals surface area contributed by atoms with Gasteiger partial charge >= 0.3 is 0 Å². The quantitative estimate of drug-likeness (QED) is 0.739. The summed E-state index contributed by atoms with van der Waals surface area (Å²) in [5, 5.41) is 23.3. The monoisotopic (exact) mass is 358 g/mol. The number of amides is 1. The first kappa shape index (κ1) is 18.2. The summed E-state index contributed by atoms with van der Waals surface area (Å²) in [5.74, 6) is 0.808. The van der Waals surface area contributed by atoms with E-state index in [0.29, 0.717) is 17.1 Å². The first-order valence-electron chi connectivity index (χ1n) is 8.37. The van der Waals surface area contributed by atoms with Crippen molar-refractivity contribution in [3.05, 3.63) is 53.9 Å². The number of ether oxygens (including phenoxy) is 2. The Morgan fingerprint density at radius 1 is 1.19 bits per heavy atom. The minimum Gasteiger partial charge on any atom is -0.497 e. The summed E-state index contributed by atoms with van der Waals surface area (Å²) < 4.78 is 10.9. The van der Waals surface area contributed by atoms with E-state index >= 15 is 0 Å². The number of benzene rings is 1. The lowest BCUT2D eigenvalue weighted by Crippen LogP contribution is -2.43. The smallest absolute Gasteiger partial charge is 0.253 e. The van der Waals surface area contributed by atoms with Crippen LogP contribution in [0.4, 0.5) is 0 Å². The Hall–Kier alpha value is -2.64. The molecule has 1 aliphatic carbocycles. The van der Waals surface area contributed by atoms with E-state index in [4.69, 9.17) is 9.47 Å². The number of rotatable bonds is 5. The van der Waals surface area contributed by atoms with Crippen LogP contribution in [0.5, 0.6) is 11.5 Å². The molecule has 0 aliphatic heterocycles. The Labute approximate surface area is 151 Å². The van der Waals surface area contributed by atoms with Crippen molar-refractivity contribution in [1.29, 1.82) is 0 Å². The Morgan fingerprint density at radius 2 is 1.96 bits per heavy atom. The maximum atomic E-state index is 12.4. The van der Waals surface area contributed by atoms with Gasteiger partial charge in [0.2, 0.25) is 0 Å². The van der Waals surface area contributed by atoms with Crippen LogP contribution in [0.25, 0.3) is 0 Å². The molecular weight excluding hydrogens is 336 g/mol. The van der Waals surface area contributed by atoms with Crippen molar-refractivity contribution in [2.24, 2.45) is 0 Å². The van der Waals surface area contributed by atoms with Crippen LogP contribution in [0, 0.1) is 6.92 Å². The van der Waals surface area contributed by atoms with Crippen LogP contribution < -0.4 is 14.8 Å². The van der Waals surface area contributed by atoms with E-state index in [1.54, 1.807) is 43.6 Å². The van der Waals surface area contributed by atoms with E-state index < -0.39 is 24.4 Å². The van der Waals surface area contributed by atoms with E-state index in [9.17, 15) is 15.0 Å². The third kappa shape index (κ3) is 3.95. The van der Waals surface area contributed by atoms with Crippen molar-refractivity contribution < 1.29 is 24.5 Å². The van der Waals surface area contributed by atoms with E-state index in [-0.39, 0.29) is 12.3 Å². The molecule has 0 unspecified atom stereocenters. The van der Waals surface area contributed by atoms with Crippen molar-refractivity contribution in [1.82, 2.24) is 10.3 Å². The summed E-state index contributed by atoms with van der Waals surface area (Å²) in [4.78, 5) is 16.3. The fourth-order valence-electron chi connectivity index (χ4n) is 3.03. The zero-order valence-corrected chi connectivity index (χ0v) is 14.6. The first-order valence-corrected chi connectivity index (χ1v) is 8.37. The largest absolute Gasteiger partial charge is 0.497 e. The molecule has 4 atom stereocenters. The van der Waals surface area contributed by atoms with Gasteiger partial charge in [0, 0.05) is 24.9 Å². The van der Waals surface area contributed by atoms with Gasteiger partial charge in [-0.25, -0.2) is 0 Å². The standard InChI is InChI=1S/C19H22N2O5/c1-11-6-12(10-20-9-11)19(24)21-15-8-16(18(23)17(15)22)26-14-5-3-4-13(7-14)25-2/h3-7,9-10,15-18,22-23H,8H2,1-2H3,(H,21,24)/t15-,16-,17+,18+/m1/s1. The van der Waals surface area contributed by atoms with Crippen LogP contribution in [0.2, 0.25) is 0 Å². The number of pyridine rings is 1.